The number of hydrogen-bond donors (Lipinski definition) is 0. The number of likely N-dealkylation sites (N-methyl/N-ethyl adjacent to an activating group) is 1. The molecule has 0 aliphatic carbocycles. The van der Waals surface area contributed by atoms with Crippen molar-refractivity contribution in [1.82, 2.24) is 4.81 Å². The summed E-state index contributed by atoms with van der Waals surface area (Å²) in [6.45, 7) is 1.83. The Morgan fingerprint density at radius 1 is 1.12 bits per heavy atom. The summed E-state index contributed by atoms with van der Waals surface area (Å²) < 4.78 is 5.79. The molecule has 0 amide bonds. The van der Waals surface area contributed by atoms with Gasteiger partial charge in [0, 0.05) is 13.2 Å². The van der Waals surface area contributed by atoms with E-state index in [9.17, 15) is 0 Å². The average molecular weight is 211 g/mol. The molecule has 80 valence electrons. The van der Waals surface area contributed by atoms with Crippen LogP contribution in [0.1, 0.15) is 0 Å². The molecule has 3 heteroatoms. The van der Waals surface area contributed by atoms with Crippen LogP contribution in [-0.2, 0) is 4.65 Å². The third-order valence-corrected chi connectivity index (χ3v) is 3.21. The van der Waals surface area contributed by atoms with Crippen LogP contribution in [0.4, 0.5) is 0 Å². The van der Waals surface area contributed by atoms with Gasteiger partial charge in [0.1, 0.15) is 0 Å². The van der Waals surface area contributed by atoms with Crippen molar-refractivity contribution >= 4 is 23.3 Å². The lowest BCUT2D eigenvalue weighted by molar-refractivity contribution is 0.376. The van der Waals surface area contributed by atoms with E-state index >= 15 is 0 Å². The highest BCUT2D eigenvalue weighted by molar-refractivity contribution is 6.68. The predicted molar refractivity (Wildman–Crippen MR) is 67.9 cm³/mol. The summed E-state index contributed by atoms with van der Waals surface area (Å²) in [7, 11) is 2.23. The smallest absolute Gasteiger partial charge is 0.416 e. The van der Waals surface area contributed by atoms with E-state index in [4.69, 9.17) is 4.65 Å². The Balaban J connectivity index is 2.16. The van der Waals surface area contributed by atoms with E-state index in [1.807, 2.05) is 0 Å². The van der Waals surface area contributed by atoms with Gasteiger partial charge in [-0.15, -0.1) is 0 Å². The fourth-order valence-corrected chi connectivity index (χ4v) is 2.35. The van der Waals surface area contributed by atoms with Crippen molar-refractivity contribution in [3.63, 3.8) is 0 Å². The topological polar surface area (TPSA) is 12.5 Å². The molecule has 2 aromatic carbocycles. The van der Waals surface area contributed by atoms with Crippen molar-refractivity contribution in [3.8, 4) is 0 Å². The third kappa shape index (κ3) is 1.53. The van der Waals surface area contributed by atoms with Gasteiger partial charge in [-0.1, -0.05) is 42.5 Å². The maximum absolute atomic E-state index is 5.79. The Morgan fingerprint density at radius 3 is 2.75 bits per heavy atom. The lowest BCUT2D eigenvalue weighted by Gasteiger charge is -2.15. The molecule has 0 spiro atoms. The monoisotopic (exact) mass is 211 g/mol. The molecule has 2 aromatic rings. The largest absolute Gasteiger partial charge is 0.419 e. The van der Waals surface area contributed by atoms with Crippen molar-refractivity contribution in [2.45, 2.75) is 0 Å². The van der Waals surface area contributed by atoms with Crippen LogP contribution >= 0.6 is 0 Å². The van der Waals surface area contributed by atoms with Gasteiger partial charge in [0.15, 0.2) is 0 Å². The molecule has 16 heavy (non-hydrogen) atoms. The van der Waals surface area contributed by atoms with Crippen LogP contribution in [0.3, 0.4) is 0 Å². The fourth-order valence-electron chi connectivity index (χ4n) is 2.35. The maximum Gasteiger partial charge on any atom is 0.419 e. The molecule has 0 saturated carbocycles. The maximum atomic E-state index is 5.79. The molecule has 1 aliphatic rings. The molecule has 1 heterocycles. The van der Waals surface area contributed by atoms with Crippen molar-refractivity contribution in [3.05, 3.63) is 42.5 Å². The Kier molecular flexibility index (Phi) is 2.42. The Hall–Kier alpha value is -1.32. The van der Waals surface area contributed by atoms with E-state index in [1.54, 1.807) is 0 Å². The molecule has 0 atom stereocenters. The minimum absolute atomic E-state index is 0.117. The van der Waals surface area contributed by atoms with Crippen LogP contribution in [-0.4, -0.2) is 32.1 Å². The van der Waals surface area contributed by atoms with Crippen LogP contribution in [0.25, 0.3) is 10.8 Å². The minimum atomic E-state index is 0.117. The van der Waals surface area contributed by atoms with Gasteiger partial charge in [-0.3, -0.25) is 0 Å². The Bertz CT molecular complexity index is 509. The molecule has 0 unspecified atom stereocenters. The molecule has 0 radical (unpaired) electrons. The Morgan fingerprint density at radius 2 is 1.94 bits per heavy atom. The molecular weight excluding hydrogens is 197 g/mol. The van der Waals surface area contributed by atoms with E-state index in [0.717, 1.165) is 13.2 Å². The molecule has 1 aliphatic heterocycles. The highest BCUT2D eigenvalue weighted by Crippen LogP contribution is 2.14. The highest BCUT2D eigenvalue weighted by atomic mass is 16.5. The van der Waals surface area contributed by atoms with Crippen molar-refractivity contribution in [2.75, 3.05) is 20.2 Å². The third-order valence-electron chi connectivity index (χ3n) is 3.21. The van der Waals surface area contributed by atoms with Gasteiger partial charge < -0.3 is 9.47 Å². The summed E-state index contributed by atoms with van der Waals surface area (Å²) in [4.78, 5) is 2.25. The van der Waals surface area contributed by atoms with Gasteiger partial charge in [-0.05, 0) is 23.3 Å². The van der Waals surface area contributed by atoms with Crippen molar-refractivity contribution in [2.24, 2.45) is 0 Å². The summed E-state index contributed by atoms with van der Waals surface area (Å²) in [6, 6.07) is 14.9. The first-order valence-electron chi connectivity index (χ1n) is 5.66. The average Bonchev–Trinajstić information content (AvgIpc) is 2.75. The van der Waals surface area contributed by atoms with E-state index in [0.29, 0.717) is 0 Å². The number of nitrogens with zero attached hydrogens (tertiary/aromatic N) is 1. The van der Waals surface area contributed by atoms with E-state index in [2.05, 4.69) is 54.3 Å². The number of fused-ring (bicyclic) bond motifs is 1. The standard InChI is InChI=1S/C13H14BNO/c1-15-9-10-16-14(15)13-8-4-6-11-5-2-3-7-12(11)13/h2-8H,9-10H2,1H3. The van der Waals surface area contributed by atoms with Gasteiger partial charge >= 0.3 is 7.05 Å². The summed E-state index contributed by atoms with van der Waals surface area (Å²) >= 11 is 0. The first-order chi connectivity index (χ1) is 7.86. The van der Waals surface area contributed by atoms with Crippen molar-refractivity contribution < 1.29 is 4.65 Å². The molecule has 0 aromatic heterocycles. The van der Waals surface area contributed by atoms with E-state index < -0.39 is 0 Å². The van der Waals surface area contributed by atoms with Gasteiger partial charge in [0.25, 0.3) is 0 Å². The second kappa shape index (κ2) is 3.93. The molecule has 0 N–H and O–H groups in total. The van der Waals surface area contributed by atoms with Gasteiger partial charge in [0.05, 0.1) is 0 Å². The van der Waals surface area contributed by atoms with Gasteiger partial charge in [-0.25, -0.2) is 0 Å². The highest BCUT2D eigenvalue weighted by Gasteiger charge is 2.30. The van der Waals surface area contributed by atoms with E-state index in [1.165, 1.54) is 16.2 Å². The molecule has 3 rings (SSSR count). The zero-order chi connectivity index (χ0) is 11.0. The predicted octanol–water partition coefficient (Wildman–Crippen LogP) is 1.50. The summed E-state index contributed by atoms with van der Waals surface area (Å²) in [5, 5.41) is 2.58. The molecule has 1 saturated heterocycles. The second-order valence-electron chi connectivity index (χ2n) is 4.27. The molecular formula is C13H14BNO. The van der Waals surface area contributed by atoms with E-state index in [-0.39, 0.29) is 7.05 Å². The zero-order valence-electron chi connectivity index (χ0n) is 9.39. The van der Waals surface area contributed by atoms with Crippen molar-refractivity contribution in [1.29, 1.82) is 0 Å². The second-order valence-corrected chi connectivity index (χ2v) is 4.27. The van der Waals surface area contributed by atoms with Gasteiger partial charge in [0.2, 0.25) is 0 Å². The summed E-state index contributed by atoms with van der Waals surface area (Å²) in [6.07, 6.45) is 0. The number of rotatable bonds is 1. The molecule has 0 bridgehead atoms. The van der Waals surface area contributed by atoms with Crippen LogP contribution in [0.5, 0.6) is 0 Å². The van der Waals surface area contributed by atoms with Gasteiger partial charge in [-0.2, -0.15) is 0 Å². The quantitative estimate of drug-likeness (QED) is 0.662. The zero-order valence-corrected chi connectivity index (χ0v) is 9.39. The lowest BCUT2D eigenvalue weighted by atomic mass is 9.70. The van der Waals surface area contributed by atoms with Crippen LogP contribution in [0, 0.1) is 0 Å². The molecule has 1 fully saturated rings. The number of benzene rings is 2. The number of hydrogen-bond acceptors (Lipinski definition) is 2. The normalized spacial score (nSPS) is 17.2. The first-order valence-corrected chi connectivity index (χ1v) is 5.66. The fraction of sp³-hybridized carbons (Fsp3) is 0.231. The van der Waals surface area contributed by atoms with Crippen LogP contribution in [0.2, 0.25) is 0 Å². The van der Waals surface area contributed by atoms with Crippen LogP contribution < -0.4 is 5.46 Å². The summed E-state index contributed by atoms with van der Waals surface area (Å²) in [5.74, 6) is 0. The summed E-state index contributed by atoms with van der Waals surface area (Å²) in [5.41, 5.74) is 1.28. The SMILES string of the molecule is CN1CCOB1c1cccc2ccccc12. The minimum Gasteiger partial charge on any atom is -0.416 e. The first kappa shape index (κ1) is 9.88. The lowest BCUT2D eigenvalue weighted by Crippen LogP contribution is -2.42. The Labute approximate surface area is 96.0 Å². The molecule has 2 nitrogen and oxygen atoms in total. The van der Waals surface area contributed by atoms with Crippen LogP contribution in [0.15, 0.2) is 42.5 Å².